The van der Waals surface area contributed by atoms with Crippen molar-refractivity contribution in [1.82, 2.24) is 15.1 Å². The normalized spacial score (nSPS) is 12.0. The van der Waals surface area contributed by atoms with Gasteiger partial charge >= 0.3 is 0 Å². The number of carbonyl (C=O) groups excluding carboxylic acids is 1. The molecule has 0 bridgehead atoms. The van der Waals surface area contributed by atoms with Crippen LogP contribution in [0.1, 0.15) is 47.8 Å². The van der Waals surface area contributed by atoms with E-state index in [4.69, 9.17) is 0 Å². The molecule has 0 spiro atoms. The molecule has 0 saturated carbocycles. The van der Waals surface area contributed by atoms with E-state index < -0.39 is 0 Å². The summed E-state index contributed by atoms with van der Waals surface area (Å²) < 4.78 is 14.9. The van der Waals surface area contributed by atoms with Gasteiger partial charge < -0.3 is 5.32 Å². The van der Waals surface area contributed by atoms with Crippen LogP contribution in [0.15, 0.2) is 60.8 Å². The Kier molecular flexibility index (Phi) is 6.01. The second-order valence-electron chi connectivity index (χ2n) is 6.47. The molecule has 3 rings (SSSR count). The Labute approximate surface area is 159 Å². The molecule has 140 valence electrons. The molecule has 3 aromatic rings. The summed E-state index contributed by atoms with van der Waals surface area (Å²) in [6.45, 7) is 4.67. The third-order valence-corrected chi connectivity index (χ3v) is 4.79. The summed E-state index contributed by atoms with van der Waals surface area (Å²) >= 11 is 0. The molecule has 4 nitrogen and oxygen atoms in total. The summed E-state index contributed by atoms with van der Waals surface area (Å²) in [4.78, 5) is 12.8. The lowest BCUT2D eigenvalue weighted by molar-refractivity contribution is 0.0950. The summed E-state index contributed by atoms with van der Waals surface area (Å²) in [6.07, 6.45) is 3.18. The highest BCUT2D eigenvalue weighted by Crippen LogP contribution is 2.19. The number of nitrogens with one attached hydrogen (secondary N) is 1. The fourth-order valence-electron chi connectivity index (χ4n) is 3.24. The van der Waals surface area contributed by atoms with Gasteiger partial charge in [0, 0.05) is 12.5 Å². The van der Waals surface area contributed by atoms with Crippen molar-refractivity contribution in [2.75, 3.05) is 6.54 Å². The molecule has 1 N–H and O–H groups in total. The number of carbonyl (C=O) groups is 1. The minimum atomic E-state index is -0.298. The van der Waals surface area contributed by atoms with Crippen molar-refractivity contribution in [2.24, 2.45) is 0 Å². The van der Waals surface area contributed by atoms with Crippen LogP contribution in [0.2, 0.25) is 0 Å². The van der Waals surface area contributed by atoms with Crippen molar-refractivity contribution in [1.29, 1.82) is 0 Å². The van der Waals surface area contributed by atoms with Crippen LogP contribution >= 0.6 is 0 Å². The third-order valence-electron chi connectivity index (χ3n) is 4.79. The first-order valence-electron chi connectivity index (χ1n) is 9.30. The van der Waals surface area contributed by atoms with Crippen molar-refractivity contribution in [3.8, 4) is 5.69 Å². The van der Waals surface area contributed by atoms with Crippen molar-refractivity contribution >= 4 is 5.91 Å². The average Bonchev–Trinajstić information content (AvgIpc) is 3.14. The molecule has 0 aliphatic rings. The zero-order valence-electron chi connectivity index (χ0n) is 15.7. The minimum Gasteiger partial charge on any atom is -0.351 e. The van der Waals surface area contributed by atoms with Crippen LogP contribution in [0, 0.1) is 5.82 Å². The quantitative estimate of drug-likeness (QED) is 0.670. The summed E-state index contributed by atoms with van der Waals surface area (Å²) in [5.74, 6) is -0.157. The molecule has 1 unspecified atom stereocenters. The Bertz CT molecular complexity index is 888. The van der Waals surface area contributed by atoms with Crippen LogP contribution in [0.3, 0.4) is 0 Å². The van der Waals surface area contributed by atoms with Crippen LogP contribution < -0.4 is 5.32 Å². The van der Waals surface area contributed by atoms with E-state index in [1.807, 2.05) is 25.1 Å². The summed E-state index contributed by atoms with van der Waals surface area (Å²) in [7, 11) is 0. The molecule has 1 atom stereocenters. The first-order chi connectivity index (χ1) is 13.1. The van der Waals surface area contributed by atoms with Crippen LogP contribution in [-0.4, -0.2) is 22.2 Å². The molecular formula is C22H24FN3O. The van der Waals surface area contributed by atoms with E-state index in [1.165, 1.54) is 17.7 Å². The second-order valence-corrected chi connectivity index (χ2v) is 6.47. The molecule has 0 saturated heterocycles. The van der Waals surface area contributed by atoms with E-state index in [2.05, 4.69) is 29.5 Å². The van der Waals surface area contributed by atoms with Crippen molar-refractivity contribution in [3.05, 3.63) is 83.4 Å². The fraction of sp³-hybridized carbons (Fsp3) is 0.273. The smallest absolute Gasteiger partial charge is 0.254 e. The minimum absolute atomic E-state index is 0.130. The van der Waals surface area contributed by atoms with Crippen LogP contribution in [0.25, 0.3) is 5.69 Å². The number of rotatable bonds is 7. The van der Waals surface area contributed by atoms with Gasteiger partial charge in [0.25, 0.3) is 5.91 Å². The SMILES string of the molecule is CCc1c(C(=O)NCC(CC)c2ccccc2)cnn1-c1ccc(F)cc1. The Morgan fingerprint density at radius 1 is 1.11 bits per heavy atom. The Morgan fingerprint density at radius 3 is 2.44 bits per heavy atom. The molecule has 1 amide bonds. The van der Waals surface area contributed by atoms with Gasteiger partial charge in [-0.15, -0.1) is 0 Å². The Hall–Kier alpha value is -2.95. The van der Waals surface area contributed by atoms with Gasteiger partial charge in [0.05, 0.1) is 23.1 Å². The largest absolute Gasteiger partial charge is 0.351 e. The highest BCUT2D eigenvalue weighted by molar-refractivity contribution is 5.95. The zero-order chi connectivity index (χ0) is 19.2. The molecular weight excluding hydrogens is 341 g/mol. The number of aromatic nitrogens is 2. The maximum absolute atomic E-state index is 13.2. The summed E-state index contributed by atoms with van der Waals surface area (Å²) in [6, 6.07) is 16.3. The predicted octanol–water partition coefficient (Wildman–Crippen LogP) is 4.50. The van der Waals surface area contributed by atoms with E-state index in [0.29, 0.717) is 18.5 Å². The van der Waals surface area contributed by atoms with Gasteiger partial charge in [-0.05, 0) is 42.7 Å². The molecule has 1 aromatic heterocycles. The van der Waals surface area contributed by atoms with Gasteiger partial charge in [-0.25, -0.2) is 9.07 Å². The van der Waals surface area contributed by atoms with Gasteiger partial charge in [0.2, 0.25) is 0 Å². The number of benzene rings is 2. The summed E-state index contributed by atoms with van der Waals surface area (Å²) in [5.41, 5.74) is 3.33. The average molecular weight is 365 g/mol. The first-order valence-corrected chi connectivity index (χ1v) is 9.30. The standard InChI is InChI=1S/C22H24FN3O/c1-3-16(17-8-6-5-7-9-17)14-24-22(27)20-15-25-26(21(20)4-2)19-12-10-18(23)11-13-19/h5-13,15-16H,3-4,14H2,1-2H3,(H,24,27). The maximum Gasteiger partial charge on any atom is 0.254 e. The molecule has 0 radical (unpaired) electrons. The molecule has 27 heavy (non-hydrogen) atoms. The van der Waals surface area contributed by atoms with E-state index in [1.54, 1.807) is 23.0 Å². The van der Waals surface area contributed by atoms with Crippen molar-refractivity contribution < 1.29 is 9.18 Å². The molecule has 5 heteroatoms. The predicted molar refractivity (Wildman–Crippen MR) is 105 cm³/mol. The van der Waals surface area contributed by atoms with E-state index in [-0.39, 0.29) is 17.6 Å². The van der Waals surface area contributed by atoms with E-state index in [9.17, 15) is 9.18 Å². The van der Waals surface area contributed by atoms with Crippen molar-refractivity contribution in [2.45, 2.75) is 32.6 Å². The number of hydrogen-bond acceptors (Lipinski definition) is 2. The lowest BCUT2D eigenvalue weighted by atomic mass is 9.96. The lowest BCUT2D eigenvalue weighted by Gasteiger charge is -2.16. The number of amides is 1. The molecule has 0 aliphatic heterocycles. The van der Waals surface area contributed by atoms with Crippen LogP contribution in [0.4, 0.5) is 4.39 Å². The third kappa shape index (κ3) is 4.25. The molecule has 0 aliphatic carbocycles. The lowest BCUT2D eigenvalue weighted by Crippen LogP contribution is -2.29. The molecule has 2 aromatic carbocycles. The van der Waals surface area contributed by atoms with Gasteiger partial charge in [-0.3, -0.25) is 4.79 Å². The Balaban J connectivity index is 1.76. The monoisotopic (exact) mass is 365 g/mol. The maximum atomic E-state index is 13.2. The van der Waals surface area contributed by atoms with E-state index in [0.717, 1.165) is 17.8 Å². The number of halogens is 1. The zero-order valence-corrected chi connectivity index (χ0v) is 15.7. The second kappa shape index (κ2) is 8.62. The van der Waals surface area contributed by atoms with Crippen LogP contribution in [-0.2, 0) is 6.42 Å². The topological polar surface area (TPSA) is 46.9 Å². The molecule has 0 fully saturated rings. The highest BCUT2D eigenvalue weighted by atomic mass is 19.1. The van der Waals surface area contributed by atoms with Gasteiger partial charge in [-0.1, -0.05) is 44.2 Å². The fourth-order valence-corrected chi connectivity index (χ4v) is 3.24. The van der Waals surface area contributed by atoms with Crippen LogP contribution in [0.5, 0.6) is 0 Å². The van der Waals surface area contributed by atoms with Gasteiger partial charge in [0.15, 0.2) is 0 Å². The first kappa shape index (κ1) is 18.8. The van der Waals surface area contributed by atoms with Crippen molar-refractivity contribution in [3.63, 3.8) is 0 Å². The highest BCUT2D eigenvalue weighted by Gasteiger charge is 2.18. The van der Waals surface area contributed by atoms with E-state index >= 15 is 0 Å². The van der Waals surface area contributed by atoms with Gasteiger partial charge in [0.1, 0.15) is 5.82 Å². The summed E-state index contributed by atoms with van der Waals surface area (Å²) in [5, 5.41) is 7.39. The number of nitrogens with zero attached hydrogens (tertiary/aromatic N) is 2. The number of hydrogen-bond donors (Lipinski definition) is 1. The molecule has 1 heterocycles. The van der Waals surface area contributed by atoms with Gasteiger partial charge in [-0.2, -0.15) is 5.10 Å². The Morgan fingerprint density at radius 2 is 1.81 bits per heavy atom.